The fourth-order valence-corrected chi connectivity index (χ4v) is 4.52. The van der Waals surface area contributed by atoms with Crippen LogP contribution in [0.1, 0.15) is 37.0 Å². The lowest BCUT2D eigenvalue weighted by atomic mass is 9.91. The van der Waals surface area contributed by atoms with Crippen molar-refractivity contribution in [1.29, 1.82) is 0 Å². The quantitative estimate of drug-likeness (QED) is 0.591. The molecule has 2 aromatic carbocycles. The van der Waals surface area contributed by atoms with Crippen LogP contribution in [0.25, 0.3) is 11.4 Å². The third-order valence-electron chi connectivity index (χ3n) is 5.10. The molecule has 2 atom stereocenters. The molecule has 0 spiro atoms. The monoisotopic (exact) mass is 379 g/mol. The normalized spacial score (nSPS) is 19.9. The van der Waals surface area contributed by atoms with E-state index in [1.54, 1.807) is 11.8 Å². The van der Waals surface area contributed by atoms with Gasteiger partial charge in [0.25, 0.3) is 0 Å². The van der Waals surface area contributed by atoms with Crippen LogP contribution < -0.4 is 0 Å². The van der Waals surface area contributed by atoms with Crippen LogP contribution in [-0.4, -0.2) is 27.5 Å². The second-order valence-corrected chi connectivity index (χ2v) is 7.92. The first-order chi connectivity index (χ1) is 13.3. The molecule has 1 fully saturated rings. The Labute approximate surface area is 164 Å². The molecule has 1 aliphatic rings. The van der Waals surface area contributed by atoms with Crippen molar-refractivity contribution >= 4 is 11.8 Å². The SMILES string of the molecule is CCc1ccc(-c2nc(SC[C@H]3CCCO[C@@H]3c3ccccc3)n[nH]2)cc1. The van der Waals surface area contributed by atoms with Gasteiger partial charge in [-0.3, -0.25) is 5.10 Å². The van der Waals surface area contributed by atoms with Gasteiger partial charge in [0.2, 0.25) is 5.16 Å². The summed E-state index contributed by atoms with van der Waals surface area (Å²) < 4.78 is 6.10. The molecule has 0 unspecified atom stereocenters. The largest absolute Gasteiger partial charge is 0.373 e. The summed E-state index contributed by atoms with van der Waals surface area (Å²) in [5.41, 5.74) is 3.68. The lowest BCUT2D eigenvalue weighted by Gasteiger charge is -2.31. The standard InChI is InChI=1S/C22H25N3OS/c1-2-16-10-12-18(13-11-16)21-23-22(25-24-21)27-15-19-9-6-14-26-20(19)17-7-4-3-5-8-17/h3-5,7-8,10-13,19-20H,2,6,9,14-15H2,1H3,(H,23,24,25)/t19-,20-/m1/s1. The number of H-pyrrole nitrogens is 1. The number of aromatic nitrogens is 3. The number of nitrogens with zero attached hydrogens (tertiary/aromatic N) is 2. The van der Waals surface area contributed by atoms with Crippen LogP contribution in [0.3, 0.4) is 0 Å². The van der Waals surface area contributed by atoms with E-state index in [1.807, 2.05) is 0 Å². The molecule has 0 bridgehead atoms. The van der Waals surface area contributed by atoms with E-state index in [0.29, 0.717) is 5.92 Å². The van der Waals surface area contributed by atoms with Crippen molar-refractivity contribution in [3.05, 3.63) is 65.7 Å². The molecule has 140 valence electrons. The lowest BCUT2D eigenvalue weighted by molar-refractivity contribution is -0.0203. The Balaban J connectivity index is 1.41. The first-order valence-corrected chi connectivity index (χ1v) is 10.6. The molecule has 1 aliphatic heterocycles. The zero-order valence-corrected chi connectivity index (χ0v) is 16.4. The summed E-state index contributed by atoms with van der Waals surface area (Å²) in [5, 5.41) is 8.29. The van der Waals surface area contributed by atoms with Gasteiger partial charge < -0.3 is 4.74 Å². The molecular weight excluding hydrogens is 354 g/mol. The van der Waals surface area contributed by atoms with Crippen LogP contribution in [-0.2, 0) is 11.2 Å². The number of aromatic amines is 1. The lowest BCUT2D eigenvalue weighted by Crippen LogP contribution is -2.24. The highest BCUT2D eigenvalue weighted by atomic mass is 32.2. The third-order valence-corrected chi connectivity index (χ3v) is 6.14. The van der Waals surface area contributed by atoms with Crippen LogP contribution >= 0.6 is 11.8 Å². The third kappa shape index (κ3) is 4.42. The van der Waals surface area contributed by atoms with Crippen molar-refractivity contribution in [2.45, 2.75) is 37.4 Å². The maximum atomic E-state index is 6.10. The Morgan fingerprint density at radius 3 is 2.70 bits per heavy atom. The molecule has 0 amide bonds. The highest BCUT2D eigenvalue weighted by molar-refractivity contribution is 7.99. The Kier molecular flexibility index (Phi) is 5.90. The van der Waals surface area contributed by atoms with Crippen molar-refractivity contribution in [3.8, 4) is 11.4 Å². The highest BCUT2D eigenvalue weighted by Crippen LogP contribution is 2.36. The van der Waals surface area contributed by atoms with Crippen molar-refractivity contribution in [1.82, 2.24) is 15.2 Å². The van der Waals surface area contributed by atoms with Gasteiger partial charge >= 0.3 is 0 Å². The van der Waals surface area contributed by atoms with Crippen molar-refractivity contribution in [3.63, 3.8) is 0 Å². The number of hydrogen-bond acceptors (Lipinski definition) is 4. The van der Waals surface area contributed by atoms with E-state index in [2.05, 4.69) is 76.7 Å². The summed E-state index contributed by atoms with van der Waals surface area (Å²) in [6.07, 6.45) is 3.52. The van der Waals surface area contributed by atoms with E-state index in [1.165, 1.54) is 17.5 Å². The summed E-state index contributed by atoms with van der Waals surface area (Å²) in [7, 11) is 0. The molecule has 0 aliphatic carbocycles. The summed E-state index contributed by atoms with van der Waals surface area (Å²) in [4.78, 5) is 4.67. The second-order valence-electron chi connectivity index (χ2n) is 6.93. The minimum absolute atomic E-state index is 0.174. The maximum absolute atomic E-state index is 6.10. The number of thioether (sulfide) groups is 1. The molecule has 2 heterocycles. The summed E-state index contributed by atoms with van der Waals surface area (Å²) in [6.45, 7) is 3.01. The van der Waals surface area contributed by atoms with E-state index in [0.717, 1.165) is 41.7 Å². The van der Waals surface area contributed by atoms with Gasteiger partial charge in [0.05, 0.1) is 6.10 Å². The van der Waals surface area contributed by atoms with Gasteiger partial charge in [-0.25, -0.2) is 4.98 Å². The predicted molar refractivity (Wildman–Crippen MR) is 110 cm³/mol. The molecule has 5 heteroatoms. The molecule has 3 aromatic rings. The van der Waals surface area contributed by atoms with E-state index < -0.39 is 0 Å². The molecule has 4 nitrogen and oxygen atoms in total. The summed E-state index contributed by atoms with van der Waals surface area (Å²) >= 11 is 1.72. The smallest absolute Gasteiger partial charge is 0.208 e. The van der Waals surface area contributed by atoms with E-state index in [9.17, 15) is 0 Å². The first-order valence-electron chi connectivity index (χ1n) is 9.64. The minimum Gasteiger partial charge on any atom is -0.373 e. The minimum atomic E-state index is 0.174. The van der Waals surface area contributed by atoms with E-state index in [-0.39, 0.29) is 6.10 Å². The molecular formula is C22H25N3OS. The van der Waals surface area contributed by atoms with Crippen LogP contribution in [0.15, 0.2) is 59.8 Å². The zero-order valence-electron chi connectivity index (χ0n) is 15.6. The summed E-state index contributed by atoms with van der Waals surface area (Å²) in [6, 6.07) is 19.1. The predicted octanol–water partition coefficient (Wildman–Crippen LogP) is 5.29. The van der Waals surface area contributed by atoms with Crippen LogP contribution in [0.4, 0.5) is 0 Å². The van der Waals surface area contributed by atoms with Crippen LogP contribution in [0.5, 0.6) is 0 Å². The molecule has 0 radical (unpaired) electrons. The second kappa shape index (κ2) is 8.72. The number of aryl methyl sites for hydroxylation is 1. The number of rotatable bonds is 6. The highest BCUT2D eigenvalue weighted by Gasteiger charge is 2.27. The van der Waals surface area contributed by atoms with Crippen LogP contribution in [0, 0.1) is 5.92 Å². The van der Waals surface area contributed by atoms with Crippen LogP contribution in [0.2, 0.25) is 0 Å². The molecule has 1 aromatic heterocycles. The first kappa shape index (κ1) is 18.3. The molecule has 27 heavy (non-hydrogen) atoms. The summed E-state index contributed by atoms with van der Waals surface area (Å²) in [5.74, 6) is 2.28. The Bertz CT molecular complexity index is 848. The molecule has 1 N–H and O–H groups in total. The molecule has 4 rings (SSSR count). The fourth-order valence-electron chi connectivity index (χ4n) is 3.55. The Morgan fingerprint density at radius 2 is 1.93 bits per heavy atom. The maximum Gasteiger partial charge on any atom is 0.208 e. The van der Waals surface area contributed by atoms with Gasteiger partial charge in [0.15, 0.2) is 5.82 Å². The Hall–Kier alpha value is -2.11. The average Bonchev–Trinajstić information content (AvgIpc) is 3.22. The number of benzene rings is 2. The number of ether oxygens (including phenoxy) is 1. The van der Waals surface area contributed by atoms with Crippen molar-refractivity contribution in [2.75, 3.05) is 12.4 Å². The van der Waals surface area contributed by atoms with Gasteiger partial charge in [-0.15, -0.1) is 5.10 Å². The molecule has 0 saturated carbocycles. The average molecular weight is 380 g/mol. The Morgan fingerprint density at radius 1 is 1.11 bits per heavy atom. The fraction of sp³-hybridized carbons (Fsp3) is 0.364. The topological polar surface area (TPSA) is 50.8 Å². The zero-order chi connectivity index (χ0) is 18.5. The van der Waals surface area contributed by atoms with Crippen molar-refractivity contribution < 1.29 is 4.74 Å². The van der Waals surface area contributed by atoms with E-state index in [4.69, 9.17) is 4.74 Å². The van der Waals surface area contributed by atoms with Gasteiger partial charge in [0.1, 0.15) is 0 Å². The van der Waals surface area contributed by atoms with E-state index >= 15 is 0 Å². The van der Waals surface area contributed by atoms with Gasteiger partial charge in [-0.1, -0.05) is 73.3 Å². The molecule has 1 saturated heterocycles. The van der Waals surface area contributed by atoms with Gasteiger partial charge in [-0.05, 0) is 36.3 Å². The van der Waals surface area contributed by atoms with Crippen molar-refractivity contribution in [2.24, 2.45) is 5.92 Å². The van der Waals surface area contributed by atoms with Gasteiger partial charge in [-0.2, -0.15) is 0 Å². The van der Waals surface area contributed by atoms with Gasteiger partial charge in [0, 0.05) is 17.9 Å². The number of nitrogens with one attached hydrogen (secondary N) is 1. The number of hydrogen-bond donors (Lipinski definition) is 1.